The molecule has 0 saturated carbocycles. The maximum atomic E-state index is 12.4. The van der Waals surface area contributed by atoms with Crippen molar-refractivity contribution in [1.29, 1.82) is 0 Å². The minimum atomic E-state index is -0.465. The molecular formula is C14H10ClFO2. The van der Waals surface area contributed by atoms with E-state index in [1.54, 1.807) is 36.4 Å². The first-order valence-electron chi connectivity index (χ1n) is 5.08. The molecule has 0 N–H and O–H groups in total. The van der Waals surface area contributed by atoms with Crippen molar-refractivity contribution in [2.75, 3.05) is 0 Å². The summed E-state index contributed by atoms with van der Waals surface area (Å²) in [7, 11) is 0. The van der Waals surface area contributed by atoms with E-state index in [2.05, 4.69) is 0 Å². The van der Waals surface area contributed by atoms with E-state index in [1.807, 2.05) is 0 Å². The van der Waals surface area contributed by atoms with Crippen molar-refractivity contribution in [3.05, 3.63) is 70.5 Å². The van der Waals surface area contributed by atoms with Crippen molar-refractivity contribution in [2.24, 2.45) is 0 Å². The van der Waals surface area contributed by atoms with Gasteiger partial charge in [-0.3, -0.25) is 9.59 Å². The molecule has 0 saturated heterocycles. The number of aldehydes is 2. The highest BCUT2D eigenvalue weighted by Crippen LogP contribution is 2.11. The van der Waals surface area contributed by atoms with Gasteiger partial charge in [-0.1, -0.05) is 41.9 Å². The van der Waals surface area contributed by atoms with E-state index in [-0.39, 0.29) is 5.56 Å². The number of carbonyl (C=O) groups excluding carboxylic acids is 2. The molecule has 2 nitrogen and oxygen atoms in total. The lowest BCUT2D eigenvalue weighted by atomic mass is 10.2. The van der Waals surface area contributed by atoms with E-state index in [9.17, 15) is 14.0 Å². The first kappa shape index (κ1) is 14.1. The van der Waals surface area contributed by atoms with Crippen LogP contribution in [0.4, 0.5) is 4.39 Å². The number of hydrogen-bond acceptors (Lipinski definition) is 2. The van der Waals surface area contributed by atoms with E-state index < -0.39 is 5.82 Å². The molecule has 2 aromatic rings. The fourth-order valence-corrected chi connectivity index (χ4v) is 1.32. The lowest BCUT2D eigenvalue weighted by Crippen LogP contribution is -1.83. The van der Waals surface area contributed by atoms with Crippen LogP contribution < -0.4 is 0 Å². The summed E-state index contributed by atoms with van der Waals surface area (Å²) in [5, 5.41) is 0.507. The molecule has 0 heterocycles. The predicted molar refractivity (Wildman–Crippen MR) is 68.6 cm³/mol. The number of hydrogen-bond donors (Lipinski definition) is 0. The fraction of sp³-hybridized carbons (Fsp3) is 0. The third kappa shape index (κ3) is 4.11. The molecule has 0 unspecified atom stereocenters. The second kappa shape index (κ2) is 7.35. The minimum Gasteiger partial charge on any atom is -0.298 e. The van der Waals surface area contributed by atoms with Crippen molar-refractivity contribution in [3.63, 3.8) is 0 Å². The average Bonchev–Trinajstić information content (AvgIpc) is 2.41. The third-order valence-corrected chi connectivity index (χ3v) is 2.41. The van der Waals surface area contributed by atoms with Gasteiger partial charge in [0, 0.05) is 5.56 Å². The summed E-state index contributed by atoms with van der Waals surface area (Å²) in [5.41, 5.74) is 0.650. The predicted octanol–water partition coefficient (Wildman–Crippen LogP) is 3.79. The Morgan fingerprint density at radius 3 is 1.72 bits per heavy atom. The molecule has 0 aliphatic rings. The summed E-state index contributed by atoms with van der Waals surface area (Å²) in [4.78, 5) is 20.1. The third-order valence-electron chi connectivity index (χ3n) is 2.06. The number of rotatable bonds is 2. The molecule has 4 heteroatoms. The van der Waals surface area contributed by atoms with Gasteiger partial charge in [0.05, 0.1) is 10.6 Å². The summed E-state index contributed by atoms with van der Waals surface area (Å²) < 4.78 is 12.4. The Labute approximate surface area is 109 Å². The van der Waals surface area contributed by atoms with Crippen LogP contribution in [0.1, 0.15) is 20.7 Å². The van der Waals surface area contributed by atoms with Gasteiger partial charge in [0.1, 0.15) is 5.82 Å². The van der Waals surface area contributed by atoms with Crippen molar-refractivity contribution < 1.29 is 14.0 Å². The van der Waals surface area contributed by atoms with Gasteiger partial charge in [-0.05, 0) is 18.2 Å². The standard InChI is InChI=1S/C7H5ClO.C7H5FO/c2*8-7-4-2-1-3-6(7)5-9/h2*1-5H. The van der Waals surface area contributed by atoms with E-state index in [0.717, 1.165) is 6.29 Å². The molecule has 2 rings (SSSR count). The Morgan fingerprint density at radius 2 is 1.33 bits per heavy atom. The highest BCUT2D eigenvalue weighted by Gasteiger charge is 1.94. The summed E-state index contributed by atoms with van der Waals surface area (Å²) >= 11 is 5.59. The molecule has 0 radical (unpaired) electrons. The molecule has 92 valence electrons. The second-order valence-corrected chi connectivity index (χ2v) is 3.69. The molecule has 0 fully saturated rings. The molecule has 0 aliphatic carbocycles. The van der Waals surface area contributed by atoms with Crippen molar-refractivity contribution in [3.8, 4) is 0 Å². The Morgan fingerprint density at radius 1 is 0.833 bits per heavy atom. The normalized spacial score (nSPS) is 9.00. The molecule has 0 amide bonds. The molecule has 0 atom stereocenters. The molecular weight excluding hydrogens is 255 g/mol. The zero-order chi connectivity index (χ0) is 13.4. The topological polar surface area (TPSA) is 34.1 Å². The number of carbonyl (C=O) groups is 2. The molecule has 0 aromatic heterocycles. The van der Waals surface area contributed by atoms with Crippen LogP contribution in [0.3, 0.4) is 0 Å². The van der Waals surface area contributed by atoms with Crippen LogP contribution in [0, 0.1) is 5.82 Å². The number of benzene rings is 2. The van der Waals surface area contributed by atoms with Gasteiger partial charge in [0.15, 0.2) is 12.6 Å². The lowest BCUT2D eigenvalue weighted by Gasteiger charge is -1.90. The quantitative estimate of drug-likeness (QED) is 0.774. The summed E-state index contributed by atoms with van der Waals surface area (Å²) in [5.74, 6) is -0.465. The summed E-state index contributed by atoms with van der Waals surface area (Å²) in [6, 6.07) is 12.8. The smallest absolute Gasteiger partial charge is 0.152 e. The van der Waals surface area contributed by atoms with E-state index in [1.165, 1.54) is 12.1 Å². The Hall–Kier alpha value is -2.00. The highest BCUT2D eigenvalue weighted by molar-refractivity contribution is 6.32. The molecule has 2 aromatic carbocycles. The first-order chi connectivity index (χ1) is 8.69. The summed E-state index contributed by atoms with van der Waals surface area (Å²) in [6.07, 6.45) is 1.23. The summed E-state index contributed by atoms with van der Waals surface area (Å²) in [6.45, 7) is 0. The van der Waals surface area contributed by atoms with Crippen LogP contribution >= 0.6 is 11.6 Å². The second-order valence-electron chi connectivity index (χ2n) is 3.28. The fourth-order valence-electron chi connectivity index (χ4n) is 1.14. The molecule has 18 heavy (non-hydrogen) atoms. The monoisotopic (exact) mass is 264 g/mol. The van der Waals surface area contributed by atoms with Gasteiger partial charge in [-0.25, -0.2) is 4.39 Å². The van der Waals surface area contributed by atoms with E-state index in [4.69, 9.17) is 11.6 Å². The van der Waals surface area contributed by atoms with Crippen LogP contribution in [0.25, 0.3) is 0 Å². The van der Waals surface area contributed by atoms with Crippen LogP contribution in [0.15, 0.2) is 48.5 Å². The maximum absolute atomic E-state index is 12.4. The lowest BCUT2D eigenvalue weighted by molar-refractivity contribution is 0.111. The van der Waals surface area contributed by atoms with Crippen LogP contribution in [-0.4, -0.2) is 12.6 Å². The Kier molecular flexibility index (Phi) is 5.74. The van der Waals surface area contributed by atoms with E-state index in [0.29, 0.717) is 16.9 Å². The van der Waals surface area contributed by atoms with Gasteiger partial charge < -0.3 is 0 Å². The van der Waals surface area contributed by atoms with E-state index >= 15 is 0 Å². The van der Waals surface area contributed by atoms with Gasteiger partial charge in [0.2, 0.25) is 0 Å². The van der Waals surface area contributed by atoms with Crippen molar-refractivity contribution >= 4 is 24.2 Å². The highest BCUT2D eigenvalue weighted by atomic mass is 35.5. The van der Waals surface area contributed by atoms with Crippen LogP contribution in [0.5, 0.6) is 0 Å². The SMILES string of the molecule is O=Cc1ccccc1Cl.O=Cc1ccccc1F. The Balaban J connectivity index is 0.000000180. The minimum absolute atomic E-state index is 0.109. The van der Waals surface area contributed by atoms with Gasteiger partial charge in [0.25, 0.3) is 0 Å². The van der Waals surface area contributed by atoms with Crippen molar-refractivity contribution in [2.45, 2.75) is 0 Å². The largest absolute Gasteiger partial charge is 0.298 e. The number of halogens is 2. The van der Waals surface area contributed by atoms with Crippen molar-refractivity contribution in [1.82, 2.24) is 0 Å². The zero-order valence-corrected chi connectivity index (χ0v) is 10.1. The average molecular weight is 265 g/mol. The van der Waals surface area contributed by atoms with Gasteiger partial charge in [-0.2, -0.15) is 0 Å². The van der Waals surface area contributed by atoms with Crippen LogP contribution in [0.2, 0.25) is 5.02 Å². The molecule has 0 aliphatic heterocycles. The van der Waals surface area contributed by atoms with Gasteiger partial charge >= 0.3 is 0 Å². The Bertz CT molecular complexity index is 491. The van der Waals surface area contributed by atoms with Crippen LogP contribution in [-0.2, 0) is 0 Å². The molecule has 0 bridgehead atoms. The zero-order valence-electron chi connectivity index (χ0n) is 9.35. The van der Waals surface area contributed by atoms with Gasteiger partial charge in [-0.15, -0.1) is 0 Å². The maximum Gasteiger partial charge on any atom is 0.152 e. The molecule has 0 spiro atoms. The first-order valence-corrected chi connectivity index (χ1v) is 5.46.